The Morgan fingerprint density at radius 2 is 1.85 bits per heavy atom. The van der Waals surface area contributed by atoms with E-state index in [2.05, 4.69) is 91.8 Å². The number of anilines is 2. The van der Waals surface area contributed by atoms with E-state index in [0.717, 1.165) is 53.4 Å². The van der Waals surface area contributed by atoms with E-state index < -0.39 is 0 Å². The number of aromatic nitrogens is 3. The maximum absolute atomic E-state index is 6.10. The van der Waals surface area contributed by atoms with Gasteiger partial charge in [-0.15, -0.1) is 0 Å². The summed E-state index contributed by atoms with van der Waals surface area (Å²) in [5, 5.41) is 0. The molecule has 2 aromatic heterocycles. The van der Waals surface area contributed by atoms with Crippen LogP contribution in [-0.2, 0) is 13.0 Å². The Kier molecular flexibility index (Phi) is 6.18. The van der Waals surface area contributed by atoms with Crippen LogP contribution in [0.5, 0.6) is 5.75 Å². The number of ether oxygens (including phenoxy) is 1. The van der Waals surface area contributed by atoms with Gasteiger partial charge in [0, 0.05) is 60.0 Å². The van der Waals surface area contributed by atoms with Crippen LogP contribution in [0.25, 0.3) is 11.5 Å². The van der Waals surface area contributed by atoms with Gasteiger partial charge in [0.15, 0.2) is 5.82 Å². The van der Waals surface area contributed by atoms with Crippen molar-refractivity contribution in [3.05, 3.63) is 88.8 Å². The molecule has 0 spiro atoms. The smallest absolute Gasteiger partial charge is 0.158 e. The fourth-order valence-electron chi connectivity index (χ4n) is 4.41. The van der Waals surface area contributed by atoms with E-state index >= 15 is 0 Å². The number of pyridine rings is 1. The molecule has 1 unspecified atom stereocenters. The Labute approximate surface area is 203 Å². The lowest BCUT2D eigenvalue weighted by Gasteiger charge is -2.29. The summed E-state index contributed by atoms with van der Waals surface area (Å²) in [4.78, 5) is 11.3. The fraction of sp³-hybridized carbons (Fsp3) is 0.259. The van der Waals surface area contributed by atoms with Crippen LogP contribution in [0.15, 0.2) is 77.7 Å². The molecule has 1 aliphatic rings. The first-order valence-electron chi connectivity index (χ1n) is 11.3. The third-order valence-corrected chi connectivity index (χ3v) is 6.86. The first-order valence-corrected chi connectivity index (χ1v) is 12.1. The molecule has 168 valence electrons. The van der Waals surface area contributed by atoms with Gasteiger partial charge in [0.1, 0.15) is 11.4 Å². The quantitative estimate of drug-likeness (QED) is 0.297. The molecule has 0 amide bonds. The molecule has 1 aliphatic heterocycles. The molecule has 0 radical (unpaired) electrons. The van der Waals surface area contributed by atoms with Crippen molar-refractivity contribution in [3.8, 4) is 17.3 Å². The van der Waals surface area contributed by atoms with Crippen molar-refractivity contribution in [3.63, 3.8) is 0 Å². The van der Waals surface area contributed by atoms with Gasteiger partial charge < -0.3 is 14.2 Å². The van der Waals surface area contributed by atoms with E-state index in [1.807, 2.05) is 24.5 Å². The molecule has 5 rings (SSSR count). The lowest BCUT2D eigenvalue weighted by Crippen LogP contribution is -2.19. The van der Waals surface area contributed by atoms with Crippen LogP contribution in [0.1, 0.15) is 30.4 Å². The molecule has 4 aromatic rings. The molecular weight excluding hydrogens is 476 g/mol. The summed E-state index contributed by atoms with van der Waals surface area (Å²) in [5.41, 5.74) is 5.76. The minimum absolute atomic E-state index is 0.358. The molecule has 33 heavy (non-hydrogen) atoms. The molecule has 0 saturated heterocycles. The van der Waals surface area contributed by atoms with Crippen molar-refractivity contribution >= 4 is 27.3 Å². The third-order valence-electron chi connectivity index (χ3n) is 6.36. The molecule has 0 bridgehead atoms. The van der Waals surface area contributed by atoms with Gasteiger partial charge in [0.2, 0.25) is 0 Å². The summed E-state index contributed by atoms with van der Waals surface area (Å²) in [7, 11) is 2.10. The SMILES string of the molecule is CCc1ccc(N(C)c2ccc3c(c2)OCCC3Cn2ccnc2-c2cc(Br)ccn2)cc1. The van der Waals surface area contributed by atoms with Crippen molar-refractivity contribution in [1.82, 2.24) is 14.5 Å². The highest BCUT2D eigenvalue weighted by Crippen LogP contribution is 2.39. The van der Waals surface area contributed by atoms with Crippen LogP contribution in [0.4, 0.5) is 11.4 Å². The van der Waals surface area contributed by atoms with E-state index in [-0.39, 0.29) is 0 Å². The molecule has 5 nitrogen and oxygen atoms in total. The Morgan fingerprint density at radius 1 is 1.03 bits per heavy atom. The zero-order valence-electron chi connectivity index (χ0n) is 18.9. The normalized spacial score (nSPS) is 15.1. The average molecular weight is 503 g/mol. The lowest BCUT2D eigenvalue weighted by molar-refractivity contribution is 0.259. The number of hydrogen-bond acceptors (Lipinski definition) is 4. The lowest BCUT2D eigenvalue weighted by atomic mass is 9.92. The number of hydrogen-bond donors (Lipinski definition) is 0. The zero-order chi connectivity index (χ0) is 22.8. The van der Waals surface area contributed by atoms with Crippen LogP contribution in [-0.4, -0.2) is 28.2 Å². The van der Waals surface area contributed by atoms with Gasteiger partial charge in [0.25, 0.3) is 0 Å². The minimum atomic E-state index is 0.358. The standard InChI is InChI=1S/C27H27BrN4O/c1-3-19-4-6-22(7-5-19)31(2)23-8-9-24-20(11-15-33-26(24)17-23)18-32-14-13-30-27(32)25-16-21(28)10-12-29-25/h4-10,12-14,16-17,20H,3,11,15,18H2,1-2H3. The van der Waals surface area contributed by atoms with Gasteiger partial charge in [-0.1, -0.05) is 41.1 Å². The number of nitrogens with zero attached hydrogens (tertiary/aromatic N) is 4. The Morgan fingerprint density at radius 3 is 2.64 bits per heavy atom. The molecule has 2 aromatic carbocycles. The molecule has 0 aliphatic carbocycles. The Bertz CT molecular complexity index is 1250. The molecule has 1 atom stereocenters. The number of aryl methyl sites for hydroxylation is 1. The molecule has 0 N–H and O–H groups in total. The van der Waals surface area contributed by atoms with Gasteiger partial charge in [-0.3, -0.25) is 4.98 Å². The maximum Gasteiger partial charge on any atom is 0.158 e. The number of halogens is 1. The van der Waals surface area contributed by atoms with Crippen LogP contribution < -0.4 is 9.64 Å². The number of imidazole rings is 1. The highest BCUT2D eigenvalue weighted by molar-refractivity contribution is 9.10. The maximum atomic E-state index is 6.10. The van der Waals surface area contributed by atoms with Crippen LogP contribution in [0.3, 0.4) is 0 Å². The summed E-state index contributed by atoms with van der Waals surface area (Å²) in [6, 6.07) is 19.3. The van der Waals surface area contributed by atoms with Crippen molar-refractivity contribution in [2.45, 2.75) is 32.2 Å². The van der Waals surface area contributed by atoms with Gasteiger partial charge in [-0.25, -0.2) is 4.98 Å². The van der Waals surface area contributed by atoms with Crippen molar-refractivity contribution in [1.29, 1.82) is 0 Å². The predicted octanol–water partition coefficient (Wildman–Crippen LogP) is 6.60. The van der Waals surface area contributed by atoms with Crippen molar-refractivity contribution in [2.24, 2.45) is 0 Å². The van der Waals surface area contributed by atoms with Crippen LogP contribution in [0, 0.1) is 0 Å². The summed E-state index contributed by atoms with van der Waals surface area (Å²) < 4.78 is 9.29. The monoisotopic (exact) mass is 502 g/mol. The predicted molar refractivity (Wildman–Crippen MR) is 136 cm³/mol. The van der Waals surface area contributed by atoms with Gasteiger partial charge >= 0.3 is 0 Å². The fourth-order valence-corrected chi connectivity index (χ4v) is 4.74. The molecule has 0 saturated carbocycles. The van der Waals surface area contributed by atoms with E-state index in [4.69, 9.17) is 4.74 Å². The van der Waals surface area contributed by atoms with E-state index in [1.54, 1.807) is 6.20 Å². The Balaban J connectivity index is 1.39. The summed E-state index contributed by atoms with van der Waals surface area (Å²) in [5.74, 6) is 2.22. The highest BCUT2D eigenvalue weighted by Gasteiger charge is 2.24. The van der Waals surface area contributed by atoms with Crippen LogP contribution in [0.2, 0.25) is 0 Å². The topological polar surface area (TPSA) is 43.2 Å². The second-order valence-electron chi connectivity index (χ2n) is 8.40. The van der Waals surface area contributed by atoms with Crippen LogP contribution >= 0.6 is 15.9 Å². The molecule has 3 heterocycles. The average Bonchev–Trinajstić information content (AvgIpc) is 3.32. The van der Waals surface area contributed by atoms with E-state index in [0.29, 0.717) is 5.92 Å². The van der Waals surface area contributed by atoms with Gasteiger partial charge in [0.05, 0.1) is 6.61 Å². The second kappa shape index (κ2) is 9.40. The third kappa shape index (κ3) is 4.53. The largest absolute Gasteiger partial charge is 0.493 e. The first-order chi connectivity index (χ1) is 16.1. The zero-order valence-corrected chi connectivity index (χ0v) is 20.5. The summed E-state index contributed by atoms with van der Waals surface area (Å²) in [6.07, 6.45) is 7.71. The number of fused-ring (bicyclic) bond motifs is 1. The molecular formula is C27H27BrN4O. The van der Waals surface area contributed by atoms with Crippen molar-refractivity contribution in [2.75, 3.05) is 18.6 Å². The van der Waals surface area contributed by atoms with E-state index in [1.165, 1.54) is 16.8 Å². The second-order valence-corrected chi connectivity index (χ2v) is 9.31. The number of benzene rings is 2. The van der Waals surface area contributed by atoms with Gasteiger partial charge in [-0.05, 0) is 54.3 Å². The number of rotatable bonds is 6. The highest BCUT2D eigenvalue weighted by atomic mass is 79.9. The summed E-state index contributed by atoms with van der Waals surface area (Å²) in [6.45, 7) is 3.74. The minimum Gasteiger partial charge on any atom is -0.493 e. The van der Waals surface area contributed by atoms with Crippen molar-refractivity contribution < 1.29 is 4.74 Å². The van der Waals surface area contributed by atoms with Gasteiger partial charge in [-0.2, -0.15) is 0 Å². The molecule has 0 fully saturated rings. The summed E-state index contributed by atoms with van der Waals surface area (Å²) >= 11 is 3.54. The Hall–Kier alpha value is -3.12. The first kappa shape index (κ1) is 21.7. The molecule has 6 heteroatoms. The van der Waals surface area contributed by atoms with E-state index in [9.17, 15) is 0 Å².